The second kappa shape index (κ2) is 9.96. The predicted molar refractivity (Wildman–Crippen MR) is 125 cm³/mol. The maximum Gasteiger partial charge on any atom is 0.344 e. The summed E-state index contributed by atoms with van der Waals surface area (Å²) >= 11 is 3.51. The molecule has 0 aliphatic carbocycles. The van der Waals surface area contributed by atoms with Gasteiger partial charge < -0.3 is 14.5 Å². The summed E-state index contributed by atoms with van der Waals surface area (Å²) in [6.45, 7) is 5.78. The fourth-order valence-electron chi connectivity index (χ4n) is 3.04. The summed E-state index contributed by atoms with van der Waals surface area (Å²) in [6.07, 6.45) is 1.27. The average molecular weight is 484 g/mol. The van der Waals surface area contributed by atoms with E-state index in [1.165, 1.54) is 6.07 Å². The van der Waals surface area contributed by atoms with Crippen LogP contribution in [-0.4, -0.2) is 16.6 Å². The van der Waals surface area contributed by atoms with Gasteiger partial charge in [0.2, 0.25) is 0 Å². The van der Waals surface area contributed by atoms with Crippen molar-refractivity contribution in [2.75, 3.05) is 0 Å². The first-order chi connectivity index (χ1) is 14.7. The molecule has 0 unspecified atom stereocenters. The summed E-state index contributed by atoms with van der Waals surface area (Å²) in [7, 11) is 0. The first-order valence-corrected chi connectivity index (χ1v) is 10.9. The number of esters is 1. The Bertz CT molecular complexity index is 1100. The molecule has 0 spiro atoms. The Morgan fingerprint density at radius 2 is 1.74 bits per heavy atom. The number of ether oxygens (including phenoxy) is 2. The molecule has 31 heavy (non-hydrogen) atoms. The number of halogens is 1. The predicted octanol–water partition coefficient (Wildman–Crippen LogP) is 5.46. The van der Waals surface area contributed by atoms with E-state index in [4.69, 9.17) is 9.47 Å². The normalized spacial score (nSPS) is 11.2. The van der Waals surface area contributed by atoms with E-state index in [-0.39, 0.29) is 5.56 Å². The largest absolute Gasteiger partial charge is 0.489 e. The summed E-state index contributed by atoms with van der Waals surface area (Å²) in [4.78, 5) is 27.3. The van der Waals surface area contributed by atoms with E-state index in [9.17, 15) is 9.59 Å². The van der Waals surface area contributed by atoms with Crippen LogP contribution in [0.25, 0.3) is 0 Å². The minimum Gasteiger partial charge on any atom is -0.489 e. The Kier molecular flexibility index (Phi) is 7.33. The molecule has 1 N–H and O–H groups in total. The molecule has 0 bridgehead atoms. The summed E-state index contributed by atoms with van der Waals surface area (Å²) < 4.78 is 12.3. The van der Waals surface area contributed by atoms with Crippen molar-refractivity contribution in [3.05, 3.63) is 97.9 Å². The number of carbonyl (C=O) groups is 1. The van der Waals surface area contributed by atoms with Crippen LogP contribution in [0.4, 0.5) is 0 Å². The molecule has 0 aliphatic rings. The van der Waals surface area contributed by atoms with Crippen molar-refractivity contribution >= 4 is 21.9 Å². The van der Waals surface area contributed by atoms with Gasteiger partial charge in [0, 0.05) is 10.2 Å². The summed E-state index contributed by atoms with van der Waals surface area (Å²) in [5.74, 6) is 0.184. The quantitative estimate of drug-likeness (QED) is 0.453. The van der Waals surface area contributed by atoms with Gasteiger partial charge in [-0.15, -0.1) is 0 Å². The van der Waals surface area contributed by atoms with Crippen molar-refractivity contribution in [2.24, 2.45) is 0 Å². The summed E-state index contributed by atoms with van der Waals surface area (Å²) in [5, 5.41) is 0. The van der Waals surface area contributed by atoms with E-state index in [1.807, 2.05) is 48.5 Å². The van der Waals surface area contributed by atoms with E-state index >= 15 is 0 Å². The number of hydrogen-bond donors (Lipinski definition) is 1. The zero-order valence-corrected chi connectivity index (χ0v) is 19.5. The van der Waals surface area contributed by atoms with Gasteiger partial charge in [-0.1, -0.05) is 46.3 Å². The molecule has 0 fully saturated rings. The highest BCUT2D eigenvalue weighted by atomic mass is 79.9. The van der Waals surface area contributed by atoms with Crippen molar-refractivity contribution in [3.63, 3.8) is 0 Å². The molecule has 0 radical (unpaired) electrons. The first-order valence-electron chi connectivity index (χ1n) is 10.1. The Morgan fingerprint density at radius 3 is 2.42 bits per heavy atom. The van der Waals surface area contributed by atoms with Crippen molar-refractivity contribution < 1.29 is 14.3 Å². The van der Waals surface area contributed by atoms with Gasteiger partial charge in [0.15, 0.2) is 0 Å². The number of aromatic amines is 1. The smallest absolute Gasteiger partial charge is 0.344 e. The summed E-state index contributed by atoms with van der Waals surface area (Å²) in [5.41, 5.74) is 1.78. The van der Waals surface area contributed by atoms with E-state index in [0.29, 0.717) is 19.4 Å². The lowest BCUT2D eigenvalue weighted by Crippen LogP contribution is -2.28. The molecule has 0 atom stereocenters. The second-order valence-corrected chi connectivity index (χ2v) is 9.17. The summed E-state index contributed by atoms with van der Waals surface area (Å²) in [6, 6.07) is 19.2. The molecule has 0 saturated carbocycles. The third-order valence-electron chi connectivity index (χ3n) is 4.51. The van der Waals surface area contributed by atoms with Crippen molar-refractivity contribution in [1.82, 2.24) is 4.98 Å². The molecule has 5 nitrogen and oxygen atoms in total. The van der Waals surface area contributed by atoms with Gasteiger partial charge >= 0.3 is 5.97 Å². The van der Waals surface area contributed by atoms with E-state index in [1.54, 1.807) is 26.8 Å². The van der Waals surface area contributed by atoms with Crippen LogP contribution in [0.2, 0.25) is 0 Å². The third kappa shape index (κ3) is 6.82. The van der Waals surface area contributed by atoms with Crippen LogP contribution in [0.15, 0.2) is 69.9 Å². The van der Waals surface area contributed by atoms with Crippen LogP contribution in [-0.2, 0) is 24.2 Å². The number of benzene rings is 2. The van der Waals surface area contributed by atoms with Gasteiger partial charge in [-0.2, -0.15) is 0 Å². The zero-order valence-electron chi connectivity index (χ0n) is 17.9. The highest BCUT2D eigenvalue weighted by Gasteiger charge is 2.20. The van der Waals surface area contributed by atoms with Crippen molar-refractivity contribution in [2.45, 2.75) is 45.8 Å². The zero-order chi connectivity index (χ0) is 22.4. The van der Waals surface area contributed by atoms with E-state index in [0.717, 1.165) is 27.0 Å². The maximum absolute atomic E-state index is 12.4. The highest BCUT2D eigenvalue weighted by Crippen LogP contribution is 2.25. The number of H-pyrrole nitrogens is 1. The minimum absolute atomic E-state index is 0.00742. The Labute approximate surface area is 190 Å². The van der Waals surface area contributed by atoms with Crippen LogP contribution in [0.5, 0.6) is 5.75 Å². The lowest BCUT2D eigenvalue weighted by molar-refractivity contribution is 0.00675. The topological polar surface area (TPSA) is 68.4 Å². The Morgan fingerprint density at radius 1 is 1.00 bits per heavy atom. The molecule has 162 valence electrons. The number of pyridine rings is 1. The molecule has 1 aromatic heterocycles. The molecule has 1 heterocycles. The number of carbonyl (C=O) groups excluding carboxylic acids is 1. The second-order valence-electron chi connectivity index (χ2n) is 8.25. The molecule has 0 saturated heterocycles. The standard InChI is InChI=1S/C25H26BrNO4/c1-25(2,3)31-24(29)21-13-12-20(27-23(21)28)11-9-18-15-19(26)10-14-22(18)30-16-17-7-5-4-6-8-17/h4-8,10,12-15H,9,11,16H2,1-3H3,(H,27,28). The molecule has 3 aromatic rings. The monoisotopic (exact) mass is 483 g/mol. The van der Waals surface area contributed by atoms with Crippen molar-refractivity contribution in [3.8, 4) is 5.75 Å². The molecule has 6 heteroatoms. The van der Waals surface area contributed by atoms with Crippen LogP contribution < -0.4 is 10.3 Å². The van der Waals surface area contributed by atoms with Crippen molar-refractivity contribution in [1.29, 1.82) is 0 Å². The fraction of sp³-hybridized carbons (Fsp3) is 0.280. The third-order valence-corrected chi connectivity index (χ3v) is 5.01. The Hall–Kier alpha value is -2.86. The fourth-order valence-corrected chi connectivity index (χ4v) is 3.45. The molecular weight excluding hydrogens is 458 g/mol. The minimum atomic E-state index is -0.654. The van der Waals surface area contributed by atoms with Crippen LogP contribution in [0.1, 0.15) is 48.0 Å². The Balaban J connectivity index is 1.69. The van der Waals surface area contributed by atoms with E-state index < -0.39 is 17.1 Å². The van der Waals surface area contributed by atoms with Gasteiger partial charge in [-0.3, -0.25) is 4.79 Å². The first kappa shape index (κ1) is 22.8. The molecule has 2 aromatic carbocycles. The lowest BCUT2D eigenvalue weighted by atomic mass is 10.1. The number of rotatable bonds is 7. The molecule has 0 amide bonds. The SMILES string of the molecule is CC(C)(C)OC(=O)c1ccc(CCc2cc(Br)ccc2OCc2ccccc2)[nH]c1=O. The van der Waals surface area contributed by atoms with Gasteiger partial charge in [0.05, 0.1) is 0 Å². The molecular formula is C25H26BrNO4. The van der Waals surface area contributed by atoms with E-state index in [2.05, 4.69) is 20.9 Å². The molecule has 3 rings (SSSR count). The highest BCUT2D eigenvalue weighted by molar-refractivity contribution is 9.10. The van der Waals surface area contributed by atoms with Gasteiger partial charge in [0.1, 0.15) is 23.5 Å². The lowest BCUT2D eigenvalue weighted by Gasteiger charge is -2.19. The van der Waals surface area contributed by atoms with Crippen LogP contribution in [0, 0.1) is 0 Å². The number of aryl methyl sites for hydroxylation is 2. The molecule has 0 aliphatic heterocycles. The maximum atomic E-state index is 12.4. The van der Waals surface area contributed by atoms with Gasteiger partial charge in [-0.25, -0.2) is 4.79 Å². The van der Waals surface area contributed by atoms with Gasteiger partial charge in [-0.05, 0) is 75.1 Å². The number of hydrogen-bond acceptors (Lipinski definition) is 4. The van der Waals surface area contributed by atoms with Crippen LogP contribution >= 0.6 is 15.9 Å². The number of nitrogens with one attached hydrogen (secondary N) is 1. The van der Waals surface area contributed by atoms with Gasteiger partial charge in [0.25, 0.3) is 5.56 Å². The number of aromatic nitrogens is 1. The average Bonchev–Trinajstić information content (AvgIpc) is 2.71. The van der Waals surface area contributed by atoms with Crippen LogP contribution in [0.3, 0.4) is 0 Å².